The number of para-hydroxylation sites is 2. The zero-order chi connectivity index (χ0) is 13.1. The molecule has 0 unspecified atom stereocenters. The Labute approximate surface area is 103 Å². The summed E-state index contributed by atoms with van der Waals surface area (Å²) in [5, 5.41) is 0. The SMILES string of the molecule is Cc1nc2ccccc2n(CCC(=O)NN)c1=O. The van der Waals surface area contributed by atoms with Crippen molar-refractivity contribution in [2.75, 3.05) is 0 Å². The van der Waals surface area contributed by atoms with E-state index < -0.39 is 0 Å². The largest absolute Gasteiger partial charge is 0.305 e. The molecule has 1 amide bonds. The van der Waals surface area contributed by atoms with E-state index in [0.717, 1.165) is 11.0 Å². The lowest BCUT2D eigenvalue weighted by atomic mass is 10.2. The molecule has 0 aliphatic heterocycles. The van der Waals surface area contributed by atoms with Gasteiger partial charge < -0.3 is 4.57 Å². The summed E-state index contributed by atoms with van der Waals surface area (Å²) in [5.41, 5.74) is 3.74. The van der Waals surface area contributed by atoms with Crippen LogP contribution in [0.2, 0.25) is 0 Å². The predicted octanol–water partition coefficient (Wildman–Crippen LogP) is 0.0849. The van der Waals surface area contributed by atoms with E-state index in [9.17, 15) is 9.59 Å². The van der Waals surface area contributed by atoms with Gasteiger partial charge in [0.1, 0.15) is 5.69 Å². The van der Waals surface area contributed by atoms with Crippen molar-refractivity contribution in [2.24, 2.45) is 5.84 Å². The van der Waals surface area contributed by atoms with Gasteiger partial charge in [-0.2, -0.15) is 0 Å². The van der Waals surface area contributed by atoms with Crippen LogP contribution in [0, 0.1) is 6.92 Å². The normalized spacial score (nSPS) is 10.6. The van der Waals surface area contributed by atoms with E-state index in [2.05, 4.69) is 4.98 Å². The standard InChI is InChI=1S/C12H14N4O2/c1-8-12(18)16(7-6-11(17)15-13)10-5-3-2-4-9(10)14-8/h2-5H,6-7,13H2,1H3,(H,15,17). The minimum atomic E-state index is -0.305. The van der Waals surface area contributed by atoms with Gasteiger partial charge >= 0.3 is 0 Å². The van der Waals surface area contributed by atoms with E-state index in [4.69, 9.17) is 5.84 Å². The molecule has 3 N–H and O–H groups in total. The van der Waals surface area contributed by atoms with Crippen LogP contribution in [0.4, 0.5) is 0 Å². The van der Waals surface area contributed by atoms with Gasteiger partial charge in [-0.25, -0.2) is 10.8 Å². The molecular formula is C12H14N4O2. The summed E-state index contributed by atoms with van der Waals surface area (Å²) in [6.45, 7) is 1.94. The number of hydrogen-bond donors (Lipinski definition) is 2. The third kappa shape index (κ3) is 2.23. The monoisotopic (exact) mass is 246 g/mol. The maximum atomic E-state index is 12.0. The van der Waals surface area contributed by atoms with Crippen LogP contribution in [-0.2, 0) is 11.3 Å². The van der Waals surface area contributed by atoms with Crippen molar-refractivity contribution in [3.63, 3.8) is 0 Å². The molecule has 1 heterocycles. The number of carbonyl (C=O) groups excluding carboxylic acids is 1. The number of hydrazine groups is 1. The summed E-state index contributed by atoms with van der Waals surface area (Å²) < 4.78 is 1.55. The van der Waals surface area contributed by atoms with Crippen LogP contribution < -0.4 is 16.8 Å². The highest BCUT2D eigenvalue weighted by molar-refractivity contribution is 5.76. The Morgan fingerprint density at radius 2 is 2.17 bits per heavy atom. The molecule has 0 fully saturated rings. The van der Waals surface area contributed by atoms with Crippen LogP contribution in [0.25, 0.3) is 11.0 Å². The lowest BCUT2D eigenvalue weighted by Gasteiger charge is -2.10. The number of amides is 1. The molecule has 6 nitrogen and oxygen atoms in total. The van der Waals surface area contributed by atoms with E-state index >= 15 is 0 Å². The van der Waals surface area contributed by atoms with Crippen molar-refractivity contribution in [1.29, 1.82) is 0 Å². The summed E-state index contributed by atoms with van der Waals surface area (Å²) in [6.07, 6.45) is 0.157. The average Bonchev–Trinajstić information content (AvgIpc) is 2.39. The zero-order valence-electron chi connectivity index (χ0n) is 10.0. The van der Waals surface area contributed by atoms with Gasteiger partial charge in [0.05, 0.1) is 11.0 Å². The van der Waals surface area contributed by atoms with Crippen LogP contribution in [-0.4, -0.2) is 15.5 Å². The molecule has 0 bridgehead atoms. The van der Waals surface area contributed by atoms with Gasteiger partial charge in [0, 0.05) is 13.0 Å². The molecule has 94 valence electrons. The molecule has 2 aromatic rings. The number of benzene rings is 1. The number of aromatic nitrogens is 2. The van der Waals surface area contributed by atoms with E-state index in [1.54, 1.807) is 11.5 Å². The number of carbonyl (C=O) groups is 1. The molecule has 0 radical (unpaired) electrons. The minimum absolute atomic E-state index is 0.157. The molecule has 1 aromatic carbocycles. The first-order valence-electron chi connectivity index (χ1n) is 5.59. The third-order valence-corrected chi connectivity index (χ3v) is 2.74. The number of fused-ring (bicyclic) bond motifs is 1. The van der Waals surface area contributed by atoms with Crippen LogP contribution in [0.5, 0.6) is 0 Å². The quantitative estimate of drug-likeness (QED) is 0.456. The molecule has 2 rings (SSSR count). The van der Waals surface area contributed by atoms with Gasteiger partial charge in [0.25, 0.3) is 5.56 Å². The zero-order valence-corrected chi connectivity index (χ0v) is 10.0. The first-order valence-corrected chi connectivity index (χ1v) is 5.59. The number of nitrogens with zero attached hydrogens (tertiary/aromatic N) is 2. The second-order valence-corrected chi connectivity index (χ2v) is 3.96. The maximum Gasteiger partial charge on any atom is 0.272 e. The topological polar surface area (TPSA) is 90.0 Å². The van der Waals surface area contributed by atoms with Crippen molar-refractivity contribution in [3.05, 3.63) is 40.3 Å². The molecule has 0 saturated heterocycles. The highest BCUT2D eigenvalue weighted by Gasteiger charge is 2.08. The summed E-state index contributed by atoms with van der Waals surface area (Å²) >= 11 is 0. The molecule has 0 spiro atoms. The van der Waals surface area contributed by atoms with Crippen molar-refractivity contribution < 1.29 is 4.79 Å². The summed E-state index contributed by atoms with van der Waals surface area (Å²) in [6, 6.07) is 7.33. The van der Waals surface area contributed by atoms with Gasteiger partial charge in [0.15, 0.2) is 0 Å². The predicted molar refractivity (Wildman–Crippen MR) is 67.7 cm³/mol. The van der Waals surface area contributed by atoms with Crippen molar-refractivity contribution >= 4 is 16.9 Å². The number of rotatable bonds is 3. The van der Waals surface area contributed by atoms with Gasteiger partial charge in [-0.15, -0.1) is 0 Å². The van der Waals surface area contributed by atoms with Gasteiger partial charge in [-0.1, -0.05) is 12.1 Å². The Balaban J connectivity index is 2.50. The van der Waals surface area contributed by atoms with E-state index in [0.29, 0.717) is 5.69 Å². The lowest BCUT2D eigenvalue weighted by molar-refractivity contribution is -0.121. The van der Waals surface area contributed by atoms with Gasteiger partial charge in [-0.05, 0) is 19.1 Å². The van der Waals surface area contributed by atoms with Crippen LogP contribution in [0.1, 0.15) is 12.1 Å². The fraction of sp³-hybridized carbons (Fsp3) is 0.250. The number of nitrogens with two attached hydrogens (primary N) is 1. The Kier molecular flexibility index (Phi) is 3.38. The van der Waals surface area contributed by atoms with Gasteiger partial charge in [-0.3, -0.25) is 15.0 Å². The molecule has 0 saturated carbocycles. The number of nitrogens with one attached hydrogen (secondary N) is 1. The third-order valence-electron chi connectivity index (χ3n) is 2.74. The summed E-state index contributed by atoms with van der Waals surface area (Å²) in [4.78, 5) is 27.4. The fourth-order valence-electron chi connectivity index (χ4n) is 1.83. The second-order valence-electron chi connectivity index (χ2n) is 3.96. The maximum absolute atomic E-state index is 12.0. The molecular weight excluding hydrogens is 232 g/mol. The van der Waals surface area contributed by atoms with Crippen LogP contribution >= 0.6 is 0 Å². The summed E-state index contributed by atoms with van der Waals surface area (Å²) in [7, 11) is 0. The van der Waals surface area contributed by atoms with Crippen LogP contribution in [0.15, 0.2) is 29.1 Å². The van der Waals surface area contributed by atoms with E-state index in [1.165, 1.54) is 0 Å². The smallest absolute Gasteiger partial charge is 0.272 e. The van der Waals surface area contributed by atoms with Crippen molar-refractivity contribution in [2.45, 2.75) is 19.9 Å². The molecule has 6 heteroatoms. The Hall–Kier alpha value is -2.21. The van der Waals surface area contributed by atoms with Crippen molar-refractivity contribution in [1.82, 2.24) is 15.0 Å². The number of aryl methyl sites for hydroxylation is 2. The van der Waals surface area contributed by atoms with Crippen molar-refractivity contribution in [3.8, 4) is 0 Å². The first kappa shape index (κ1) is 12.3. The Bertz CT molecular complexity index is 648. The average molecular weight is 246 g/mol. The molecule has 0 atom stereocenters. The van der Waals surface area contributed by atoms with E-state index in [1.807, 2.05) is 29.7 Å². The highest BCUT2D eigenvalue weighted by atomic mass is 16.2. The second kappa shape index (κ2) is 4.97. The molecule has 1 aromatic heterocycles. The summed E-state index contributed by atoms with van der Waals surface area (Å²) in [5.74, 6) is 4.71. The number of hydrogen-bond acceptors (Lipinski definition) is 4. The molecule has 0 aliphatic rings. The van der Waals surface area contributed by atoms with Gasteiger partial charge in [0.2, 0.25) is 5.91 Å². The fourth-order valence-corrected chi connectivity index (χ4v) is 1.83. The highest BCUT2D eigenvalue weighted by Crippen LogP contribution is 2.09. The first-order chi connectivity index (χ1) is 8.63. The molecule has 18 heavy (non-hydrogen) atoms. The minimum Gasteiger partial charge on any atom is -0.305 e. The van der Waals surface area contributed by atoms with Crippen LogP contribution in [0.3, 0.4) is 0 Å². The molecule has 0 aliphatic carbocycles. The Morgan fingerprint density at radius 3 is 2.89 bits per heavy atom. The lowest BCUT2D eigenvalue weighted by Crippen LogP contribution is -2.32. The van der Waals surface area contributed by atoms with E-state index in [-0.39, 0.29) is 24.4 Å². The Morgan fingerprint density at radius 1 is 1.44 bits per heavy atom.